The van der Waals surface area contributed by atoms with E-state index in [2.05, 4.69) is 17.4 Å². The molecule has 0 aliphatic heterocycles. The summed E-state index contributed by atoms with van der Waals surface area (Å²) in [6.45, 7) is 1.39. The smallest absolute Gasteiger partial charge is 0.0915 e. The monoisotopic (exact) mass is 256 g/mol. The number of anilines is 1. The predicted octanol–water partition coefficient (Wildman–Crippen LogP) is 2.13. The van der Waals surface area contributed by atoms with Crippen molar-refractivity contribution in [2.45, 2.75) is 12.5 Å². The van der Waals surface area contributed by atoms with Crippen molar-refractivity contribution in [2.75, 3.05) is 18.8 Å². The van der Waals surface area contributed by atoms with Crippen LogP contribution in [0.1, 0.15) is 17.2 Å². The molecule has 0 bridgehead atoms. The fraction of sp³-hybridized carbons (Fsp3) is 0.250. The van der Waals surface area contributed by atoms with Crippen LogP contribution in [-0.2, 0) is 6.42 Å². The highest BCUT2D eigenvalue weighted by Crippen LogP contribution is 2.14. The van der Waals surface area contributed by atoms with Gasteiger partial charge in [0.15, 0.2) is 0 Å². The molecule has 3 heteroatoms. The molecular weight excluding hydrogens is 236 g/mol. The van der Waals surface area contributed by atoms with Gasteiger partial charge in [0.2, 0.25) is 0 Å². The van der Waals surface area contributed by atoms with E-state index in [4.69, 9.17) is 5.73 Å². The van der Waals surface area contributed by atoms with E-state index < -0.39 is 6.10 Å². The van der Waals surface area contributed by atoms with Crippen molar-refractivity contribution in [3.05, 3.63) is 65.7 Å². The molecule has 0 amide bonds. The maximum absolute atomic E-state index is 10.0. The number of benzene rings is 2. The molecule has 2 rings (SSSR count). The Morgan fingerprint density at radius 2 is 1.84 bits per heavy atom. The van der Waals surface area contributed by atoms with Crippen LogP contribution in [0, 0.1) is 0 Å². The first-order valence-corrected chi connectivity index (χ1v) is 6.54. The van der Waals surface area contributed by atoms with Crippen molar-refractivity contribution < 1.29 is 5.11 Å². The summed E-state index contributed by atoms with van der Waals surface area (Å²) in [5.74, 6) is 0. The molecule has 0 saturated carbocycles. The van der Waals surface area contributed by atoms with Gasteiger partial charge in [-0.2, -0.15) is 0 Å². The molecule has 19 heavy (non-hydrogen) atoms. The van der Waals surface area contributed by atoms with Crippen molar-refractivity contribution in [2.24, 2.45) is 0 Å². The summed E-state index contributed by atoms with van der Waals surface area (Å²) in [6, 6.07) is 17.7. The van der Waals surface area contributed by atoms with Gasteiger partial charge in [0.1, 0.15) is 0 Å². The quantitative estimate of drug-likeness (QED) is 0.548. The van der Waals surface area contributed by atoms with E-state index in [-0.39, 0.29) is 0 Å². The van der Waals surface area contributed by atoms with Gasteiger partial charge in [-0.3, -0.25) is 0 Å². The molecule has 100 valence electrons. The van der Waals surface area contributed by atoms with Crippen molar-refractivity contribution in [1.29, 1.82) is 0 Å². The summed E-state index contributed by atoms with van der Waals surface area (Å²) in [4.78, 5) is 0. The molecule has 0 fully saturated rings. The lowest BCUT2D eigenvalue weighted by atomic mass is 10.1. The van der Waals surface area contributed by atoms with E-state index >= 15 is 0 Å². The van der Waals surface area contributed by atoms with Gasteiger partial charge < -0.3 is 16.2 Å². The van der Waals surface area contributed by atoms with Crippen LogP contribution in [0.5, 0.6) is 0 Å². The van der Waals surface area contributed by atoms with Crippen LogP contribution in [0.15, 0.2) is 54.6 Å². The van der Waals surface area contributed by atoms with Crippen molar-refractivity contribution in [3.8, 4) is 0 Å². The Bertz CT molecular complexity index is 499. The molecule has 3 nitrogen and oxygen atoms in total. The van der Waals surface area contributed by atoms with E-state index in [0.29, 0.717) is 12.2 Å². The predicted molar refractivity (Wildman–Crippen MR) is 78.8 cm³/mol. The second-order valence-corrected chi connectivity index (χ2v) is 4.63. The van der Waals surface area contributed by atoms with Crippen LogP contribution in [0.3, 0.4) is 0 Å². The number of nitrogens with two attached hydrogens (primary N) is 1. The lowest BCUT2D eigenvalue weighted by Crippen LogP contribution is -2.23. The van der Waals surface area contributed by atoms with E-state index in [0.717, 1.165) is 18.5 Å². The third-order valence-corrected chi connectivity index (χ3v) is 3.07. The summed E-state index contributed by atoms with van der Waals surface area (Å²) < 4.78 is 0. The first kappa shape index (κ1) is 13.6. The number of hydrogen-bond donors (Lipinski definition) is 3. The van der Waals surface area contributed by atoms with Crippen molar-refractivity contribution >= 4 is 5.69 Å². The Balaban J connectivity index is 1.74. The zero-order valence-corrected chi connectivity index (χ0v) is 10.9. The second kappa shape index (κ2) is 6.92. The number of nitrogen functional groups attached to an aromatic ring is 1. The molecule has 0 aliphatic rings. The van der Waals surface area contributed by atoms with Gasteiger partial charge >= 0.3 is 0 Å². The second-order valence-electron chi connectivity index (χ2n) is 4.63. The third-order valence-electron chi connectivity index (χ3n) is 3.07. The topological polar surface area (TPSA) is 58.3 Å². The molecular formula is C16H20N2O. The number of rotatable bonds is 6. The fourth-order valence-corrected chi connectivity index (χ4v) is 2.00. The molecule has 1 atom stereocenters. The van der Waals surface area contributed by atoms with E-state index in [1.165, 1.54) is 5.56 Å². The molecule has 1 unspecified atom stereocenters. The average molecular weight is 256 g/mol. The lowest BCUT2D eigenvalue weighted by Gasteiger charge is -2.12. The summed E-state index contributed by atoms with van der Waals surface area (Å²) in [5, 5.41) is 13.3. The molecule has 0 spiro atoms. The summed E-state index contributed by atoms with van der Waals surface area (Å²) in [6.07, 6.45) is 0.448. The van der Waals surface area contributed by atoms with Gasteiger partial charge in [0, 0.05) is 12.2 Å². The Labute approximate surface area is 114 Å². The normalized spacial score (nSPS) is 12.3. The summed E-state index contributed by atoms with van der Waals surface area (Å²) in [7, 11) is 0. The van der Waals surface area contributed by atoms with Gasteiger partial charge in [-0.05, 0) is 36.2 Å². The van der Waals surface area contributed by atoms with E-state index in [1.54, 1.807) is 0 Å². The summed E-state index contributed by atoms with van der Waals surface area (Å²) >= 11 is 0. The minimum Gasteiger partial charge on any atom is -0.399 e. The van der Waals surface area contributed by atoms with Crippen LogP contribution in [-0.4, -0.2) is 18.2 Å². The molecule has 2 aromatic carbocycles. The number of aliphatic hydroxyl groups is 1. The fourth-order valence-electron chi connectivity index (χ4n) is 2.00. The van der Waals surface area contributed by atoms with Crippen LogP contribution in [0.25, 0.3) is 0 Å². The standard InChI is InChI=1S/C16H20N2O/c17-15-8-4-7-14(11-15)16(19)12-18-10-9-13-5-2-1-3-6-13/h1-8,11,16,18-19H,9-10,12,17H2. The van der Waals surface area contributed by atoms with Crippen LogP contribution < -0.4 is 11.1 Å². The van der Waals surface area contributed by atoms with Crippen LogP contribution in [0.4, 0.5) is 5.69 Å². The van der Waals surface area contributed by atoms with Gasteiger partial charge in [-0.15, -0.1) is 0 Å². The Kier molecular flexibility index (Phi) is 4.95. The molecule has 0 aromatic heterocycles. The molecule has 0 heterocycles. The lowest BCUT2D eigenvalue weighted by molar-refractivity contribution is 0.175. The highest BCUT2D eigenvalue weighted by atomic mass is 16.3. The van der Waals surface area contributed by atoms with E-state index in [1.807, 2.05) is 42.5 Å². The van der Waals surface area contributed by atoms with Crippen LogP contribution in [0.2, 0.25) is 0 Å². The Morgan fingerprint density at radius 3 is 2.58 bits per heavy atom. The van der Waals surface area contributed by atoms with Crippen molar-refractivity contribution in [3.63, 3.8) is 0 Å². The van der Waals surface area contributed by atoms with Gasteiger partial charge in [-0.1, -0.05) is 42.5 Å². The third kappa shape index (κ3) is 4.39. The minimum atomic E-state index is -0.515. The minimum absolute atomic E-state index is 0.515. The highest BCUT2D eigenvalue weighted by molar-refractivity contribution is 5.41. The average Bonchev–Trinajstić information content (AvgIpc) is 2.44. The van der Waals surface area contributed by atoms with E-state index in [9.17, 15) is 5.11 Å². The molecule has 0 saturated heterocycles. The van der Waals surface area contributed by atoms with Gasteiger partial charge in [-0.25, -0.2) is 0 Å². The van der Waals surface area contributed by atoms with Crippen molar-refractivity contribution in [1.82, 2.24) is 5.32 Å². The Hall–Kier alpha value is -1.84. The first-order valence-electron chi connectivity index (χ1n) is 6.54. The summed E-state index contributed by atoms with van der Waals surface area (Å²) in [5.41, 5.74) is 8.53. The number of nitrogens with one attached hydrogen (secondary N) is 1. The maximum atomic E-state index is 10.0. The molecule has 2 aromatic rings. The Morgan fingerprint density at radius 1 is 1.05 bits per heavy atom. The zero-order chi connectivity index (χ0) is 13.5. The number of aliphatic hydroxyl groups excluding tert-OH is 1. The first-order chi connectivity index (χ1) is 9.25. The van der Waals surface area contributed by atoms with Crippen LogP contribution >= 0.6 is 0 Å². The highest BCUT2D eigenvalue weighted by Gasteiger charge is 2.06. The maximum Gasteiger partial charge on any atom is 0.0915 e. The SMILES string of the molecule is Nc1cccc(C(O)CNCCc2ccccc2)c1. The molecule has 0 aliphatic carbocycles. The largest absolute Gasteiger partial charge is 0.399 e. The van der Waals surface area contributed by atoms with Gasteiger partial charge in [0.25, 0.3) is 0 Å². The zero-order valence-electron chi connectivity index (χ0n) is 10.9. The van der Waals surface area contributed by atoms with Gasteiger partial charge in [0.05, 0.1) is 6.10 Å². The number of hydrogen-bond acceptors (Lipinski definition) is 3. The molecule has 4 N–H and O–H groups in total. The molecule has 0 radical (unpaired) electrons.